The van der Waals surface area contributed by atoms with Crippen LogP contribution >= 0.6 is 11.6 Å². The normalized spacial score (nSPS) is 33.8. The van der Waals surface area contributed by atoms with Gasteiger partial charge < -0.3 is 19.8 Å². The van der Waals surface area contributed by atoms with Gasteiger partial charge >= 0.3 is 0 Å². The molecule has 0 saturated heterocycles. The van der Waals surface area contributed by atoms with Crippen LogP contribution in [-0.2, 0) is 28.3 Å². The van der Waals surface area contributed by atoms with Crippen LogP contribution in [0.25, 0.3) is 0 Å². The van der Waals surface area contributed by atoms with E-state index in [9.17, 15) is 18.6 Å². The topological polar surface area (TPSA) is 112 Å². The predicted octanol–water partition coefficient (Wildman–Crippen LogP) is 6.10. The van der Waals surface area contributed by atoms with Crippen LogP contribution in [0.3, 0.4) is 0 Å². The van der Waals surface area contributed by atoms with Gasteiger partial charge in [-0.05, 0) is 116 Å². The fraction of sp³-hybridized carbons (Fsp3) is 0.500. The highest BCUT2D eigenvalue weighted by Gasteiger charge is 2.48. The predicted molar refractivity (Wildman–Crippen MR) is 189 cm³/mol. The van der Waals surface area contributed by atoms with Crippen LogP contribution in [0.1, 0.15) is 74.6 Å². The number of ether oxygens (including phenoxy) is 1. The standard InChI is InChI=1S/C38H46ClN3O5S/c1-25-7-5-17-38(44,21-31-9-3-4-18-40-31)33-13-10-29(33)22-42-23-37(16-6-8-27-19-30(39)12-14-32(27)37)24-47-35-15-11-28(20-34(35)42)36(43)41-48(45,46)26(25)2/h3-5,9,11-12,14-15,17-20,25-26,29,33,36,41,43-44H,6-8,10,13,16,21-24H2,1-2H3/b17-5+/t25-,26+,29-,33+,36?,37-,38+/m0/s1. The van der Waals surface area contributed by atoms with Gasteiger partial charge in [0.05, 0.1) is 23.1 Å². The van der Waals surface area contributed by atoms with Gasteiger partial charge in [-0.2, -0.15) is 4.72 Å². The summed E-state index contributed by atoms with van der Waals surface area (Å²) in [4.78, 5) is 6.93. The number of benzene rings is 2. The first kappa shape index (κ1) is 33.5. The number of anilines is 1. The van der Waals surface area contributed by atoms with E-state index in [4.69, 9.17) is 16.3 Å². The number of pyridine rings is 1. The Morgan fingerprint density at radius 1 is 1.12 bits per heavy atom. The molecule has 7 rings (SSSR count). The zero-order chi connectivity index (χ0) is 33.7. The molecule has 4 aliphatic rings. The molecule has 2 aliphatic heterocycles. The van der Waals surface area contributed by atoms with Gasteiger partial charge in [0.15, 0.2) is 0 Å². The Hall–Kier alpha value is -2.95. The lowest BCUT2D eigenvalue weighted by molar-refractivity contribution is -0.0452. The van der Waals surface area contributed by atoms with Crippen molar-refractivity contribution in [1.29, 1.82) is 0 Å². The Morgan fingerprint density at radius 3 is 2.75 bits per heavy atom. The molecule has 3 heterocycles. The summed E-state index contributed by atoms with van der Waals surface area (Å²) in [6.45, 7) is 5.42. The summed E-state index contributed by atoms with van der Waals surface area (Å²) in [5, 5.41) is 23.7. The third kappa shape index (κ3) is 6.40. The summed E-state index contributed by atoms with van der Waals surface area (Å²) >= 11 is 6.45. The molecule has 3 N–H and O–H groups in total. The third-order valence-corrected chi connectivity index (χ3v) is 13.8. The maximum Gasteiger partial charge on any atom is 0.216 e. The Bertz CT molecular complexity index is 1790. The van der Waals surface area contributed by atoms with Gasteiger partial charge in [0, 0.05) is 41.8 Å². The molecule has 2 aliphatic carbocycles. The summed E-state index contributed by atoms with van der Waals surface area (Å²) in [5.74, 6) is 0.623. The molecule has 10 heteroatoms. The SMILES string of the molecule is C[C@@H]1[C@@H](C)C/C=C/[C@@](O)(Cc2ccccn2)[C@@H]2CC[C@H]2CN2C[C@@]3(CCCc4cc(Cl)ccc43)COc3ccc(cc32)C(O)NS1(=O)=O. The van der Waals surface area contributed by atoms with E-state index in [2.05, 4.69) is 26.7 Å². The van der Waals surface area contributed by atoms with Crippen LogP contribution in [0, 0.1) is 17.8 Å². The Balaban J connectivity index is 1.32. The third-order valence-electron chi connectivity index (χ3n) is 11.6. The molecular weight excluding hydrogens is 646 g/mol. The lowest BCUT2D eigenvalue weighted by Crippen LogP contribution is -2.53. The Morgan fingerprint density at radius 2 is 1.98 bits per heavy atom. The number of hydrogen-bond donors (Lipinski definition) is 3. The molecule has 1 aromatic heterocycles. The number of aliphatic hydroxyl groups excluding tert-OH is 1. The van der Waals surface area contributed by atoms with Gasteiger partial charge in [-0.1, -0.05) is 48.9 Å². The van der Waals surface area contributed by atoms with Crippen molar-refractivity contribution in [3.8, 4) is 5.75 Å². The lowest BCUT2D eigenvalue weighted by Gasteiger charge is -2.49. The molecule has 3 aromatic rings. The maximum absolute atomic E-state index is 13.5. The van der Waals surface area contributed by atoms with E-state index in [0.717, 1.165) is 48.5 Å². The minimum absolute atomic E-state index is 0.0171. The molecule has 7 atom stereocenters. The Labute approximate surface area is 289 Å². The van der Waals surface area contributed by atoms with E-state index in [0.29, 0.717) is 43.9 Å². The molecule has 1 unspecified atom stereocenters. The van der Waals surface area contributed by atoms with E-state index in [1.807, 2.05) is 55.5 Å². The first-order valence-electron chi connectivity index (χ1n) is 17.3. The Kier molecular flexibility index (Phi) is 9.13. The van der Waals surface area contributed by atoms with Crippen molar-refractivity contribution >= 4 is 27.3 Å². The molecule has 2 aromatic carbocycles. The molecule has 0 radical (unpaired) electrons. The van der Waals surface area contributed by atoms with E-state index in [-0.39, 0.29) is 23.2 Å². The van der Waals surface area contributed by atoms with Crippen molar-refractivity contribution in [3.63, 3.8) is 0 Å². The molecule has 256 valence electrons. The van der Waals surface area contributed by atoms with Gasteiger partial charge in [0.25, 0.3) is 0 Å². The van der Waals surface area contributed by atoms with Gasteiger partial charge in [-0.25, -0.2) is 8.42 Å². The minimum atomic E-state index is -3.88. The number of nitrogens with zero attached hydrogens (tertiary/aromatic N) is 2. The average molecular weight is 692 g/mol. The van der Waals surface area contributed by atoms with E-state index in [1.54, 1.807) is 19.2 Å². The van der Waals surface area contributed by atoms with Crippen LogP contribution in [0.5, 0.6) is 5.75 Å². The van der Waals surface area contributed by atoms with Crippen molar-refractivity contribution < 1.29 is 23.4 Å². The molecule has 1 spiro atoms. The second kappa shape index (κ2) is 13.1. The van der Waals surface area contributed by atoms with E-state index in [1.165, 1.54) is 11.1 Å². The quantitative estimate of drug-likeness (QED) is 0.279. The number of fused-ring (bicyclic) bond motifs is 4. The zero-order valence-corrected chi connectivity index (χ0v) is 29.3. The van der Waals surface area contributed by atoms with Crippen molar-refractivity contribution in [2.24, 2.45) is 17.8 Å². The van der Waals surface area contributed by atoms with Gasteiger partial charge in [0.1, 0.15) is 12.0 Å². The molecular formula is C38H46ClN3O5S. The number of nitrogens with one attached hydrogen (secondary N) is 1. The number of aromatic nitrogens is 1. The van der Waals surface area contributed by atoms with E-state index >= 15 is 0 Å². The van der Waals surface area contributed by atoms with Gasteiger partial charge in [-0.15, -0.1) is 0 Å². The fourth-order valence-electron chi connectivity index (χ4n) is 8.45. The van der Waals surface area contributed by atoms with Crippen molar-refractivity contribution in [1.82, 2.24) is 9.71 Å². The highest BCUT2D eigenvalue weighted by atomic mass is 35.5. The van der Waals surface area contributed by atoms with E-state index < -0.39 is 27.1 Å². The number of halogens is 1. The number of rotatable bonds is 2. The maximum atomic E-state index is 13.5. The summed E-state index contributed by atoms with van der Waals surface area (Å²) in [6.07, 6.45) is 9.84. The molecule has 1 fully saturated rings. The van der Waals surface area contributed by atoms with Crippen LogP contribution in [0.2, 0.25) is 5.02 Å². The number of aryl methyl sites for hydroxylation is 1. The monoisotopic (exact) mass is 691 g/mol. The van der Waals surface area contributed by atoms with Crippen LogP contribution < -0.4 is 14.4 Å². The zero-order valence-electron chi connectivity index (χ0n) is 27.7. The second-order valence-electron chi connectivity index (χ2n) is 14.7. The van der Waals surface area contributed by atoms with Crippen molar-refractivity contribution in [2.45, 2.75) is 81.3 Å². The van der Waals surface area contributed by atoms with Gasteiger partial charge in [0.2, 0.25) is 10.0 Å². The smallest absolute Gasteiger partial charge is 0.216 e. The number of allylic oxidation sites excluding steroid dienone is 1. The molecule has 0 amide bonds. The first-order chi connectivity index (χ1) is 23.0. The summed E-state index contributed by atoms with van der Waals surface area (Å²) < 4.78 is 36.1. The van der Waals surface area contributed by atoms with Gasteiger partial charge in [-0.3, -0.25) is 4.98 Å². The highest BCUT2D eigenvalue weighted by Crippen LogP contribution is 2.49. The average Bonchev–Trinajstić information content (AvgIpc) is 3.19. The summed E-state index contributed by atoms with van der Waals surface area (Å²) in [6, 6.07) is 17.5. The van der Waals surface area contributed by atoms with Crippen molar-refractivity contribution in [3.05, 3.63) is 100 Å². The largest absolute Gasteiger partial charge is 0.490 e. The number of aliphatic hydroxyl groups is 2. The molecule has 8 nitrogen and oxygen atoms in total. The molecule has 48 heavy (non-hydrogen) atoms. The number of hydrogen-bond acceptors (Lipinski definition) is 7. The fourth-order valence-corrected chi connectivity index (χ4v) is 10.0. The first-order valence-corrected chi connectivity index (χ1v) is 19.2. The second-order valence-corrected chi connectivity index (χ2v) is 17.2. The summed E-state index contributed by atoms with van der Waals surface area (Å²) in [7, 11) is -3.88. The highest BCUT2D eigenvalue weighted by molar-refractivity contribution is 7.90. The number of sulfonamides is 1. The molecule has 2 bridgehead atoms. The lowest BCUT2D eigenvalue weighted by atomic mass is 9.62. The molecule has 1 saturated carbocycles. The van der Waals surface area contributed by atoms with Crippen LogP contribution in [0.4, 0.5) is 5.69 Å². The van der Waals surface area contributed by atoms with Crippen molar-refractivity contribution in [2.75, 3.05) is 24.6 Å². The minimum Gasteiger partial charge on any atom is -0.490 e. The summed E-state index contributed by atoms with van der Waals surface area (Å²) in [5.41, 5.74) is 3.18. The van der Waals surface area contributed by atoms with Crippen LogP contribution in [-0.4, -0.2) is 54.2 Å². The van der Waals surface area contributed by atoms with Crippen LogP contribution in [0.15, 0.2) is 72.9 Å².